The number of hydrogen-bond donors (Lipinski definition) is 0. The van der Waals surface area contributed by atoms with Crippen molar-refractivity contribution in [3.05, 3.63) is 69.7 Å². The number of aromatic nitrogens is 4. The van der Waals surface area contributed by atoms with Crippen molar-refractivity contribution >= 4 is 29.1 Å². The van der Waals surface area contributed by atoms with E-state index in [0.717, 1.165) is 17.7 Å². The minimum Gasteiger partial charge on any atom is -0.330 e. The van der Waals surface area contributed by atoms with E-state index in [0.29, 0.717) is 22.2 Å². The molecule has 0 aliphatic carbocycles. The van der Waals surface area contributed by atoms with E-state index < -0.39 is 0 Å². The fraction of sp³-hybridized carbons (Fsp3) is 0.235. The van der Waals surface area contributed by atoms with Crippen molar-refractivity contribution in [2.45, 2.75) is 25.9 Å². The monoisotopic (exact) mass is 375 g/mol. The molecule has 2 aromatic heterocycles. The Balaban J connectivity index is 1.69. The molecule has 1 aliphatic rings. The lowest BCUT2D eigenvalue weighted by molar-refractivity contribution is 0.0650. The van der Waals surface area contributed by atoms with Crippen LogP contribution in [0.3, 0.4) is 0 Å². The Labute approximate surface area is 154 Å². The second-order valence-electron chi connectivity index (χ2n) is 6.04. The topological polar surface area (TPSA) is 56.0 Å². The maximum atomic E-state index is 13.0. The third-order valence-corrected chi connectivity index (χ3v) is 4.96. The van der Waals surface area contributed by atoms with Gasteiger partial charge in [0, 0.05) is 11.1 Å². The average molecular weight is 376 g/mol. The van der Waals surface area contributed by atoms with Crippen LogP contribution in [0.25, 0.3) is 0 Å². The van der Waals surface area contributed by atoms with E-state index in [-0.39, 0.29) is 11.9 Å². The number of hydrogen-bond acceptors (Lipinski definition) is 3. The van der Waals surface area contributed by atoms with Crippen LogP contribution < -0.4 is 0 Å². The van der Waals surface area contributed by atoms with Crippen molar-refractivity contribution in [1.29, 1.82) is 0 Å². The van der Waals surface area contributed by atoms with Crippen LogP contribution in [0.2, 0.25) is 10.0 Å². The lowest BCUT2D eigenvalue weighted by atomic mass is 10.00. The van der Waals surface area contributed by atoms with Gasteiger partial charge in [0.05, 0.1) is 41.4 Å². The van der Waals surface area contributed by atoms with Crippen LogP contribution >= 0.6 is 23.2 Å². The van der Waals surface area contributed by atoms with E-state index in [1.54, 1.807) is 38.9 Å². The number of nitrogens with zero attached hydrogens (tertiary/aromatic N) is 5. The summed E-state index contributed by atoms with van der Waals surface area (Å²) in [7, 11) is 0. The van der Waals surface area contributed by atoms with Crippen LogP contribution in [0.1, 0.15) is 28.5 Å². The number of rotatable bonds is 2. The quantitative estimate of drug-likeness (QED) is 0.690. The molecule has 0 saturated heterocycles. The fourth-order valence-corrected chi connectivity index (χ4v) is 3.61. The first-order valence-corrected chi connectivity index (χ1v) is 8.62. The van der Waals surface area contributed by atoms with Gasteiger partial charge in [-0.3, -0.25) is 4.79 Å². The van der Waals surface area contributed by atoms with Gasteiger partial charge in [-0.25, -0.2) is 0 Å². The van der Waals surface area contributed by atoms with Gasteiger partial charge in [-0.05, 0) is 43.2 Å². The molecule has 1 aliphatic heterocycles. The van der Waals surface area contributed by atoms with Gasteiger partial charge in [0.25, 0.3) is 5.91 Å². The average Bonchev–Trinajstić information content (AvgIpc) is 3.22. The third kappa shape index (κ3) is 2.81. The minimum atomic E-state index is -0.118. The molecule has 3 heterocycles. The van der Waals surface area contributed by atoms with Crippen molar-refractivity contribution in [3.8, 4) is 0 Å². The van der Waals surface area contributed by atoms with E-state index >= 15 is 0 Å². The first-order valence-electron chi connectivity index (χ1n) is 7.86. The Morgan fingerprint density at radius 3 is 2.84 bits per heavy atom. The standard InChI is InChI=1S/C17H15Cl2N5O/c1-11-7-12-9-21-24(23-6-2-5-20-23)16(12)10-22(11)17(25)14-4-3-13(18)8-15(14)19/h2-6,8-9,11H,7,10H2,1H3. The number of carbonyl (C=O) groups is 1. The molecular weight excluding hydrogens is 361 g/mol. The zero-order valence-electron chi connectivity index (χ0n) is 13.4. The summed E-state index contributed by atoms with van der Waals surface area (Å²) < 4.78 is 0. The van der Waals surface area contributed by atoms with Gasteiger partial charge in [0.2, 0.25) is 0 Å². The summed E-state index contributed by atoms with van der Waals surface area (Å²) in [6, 6.07) is 6.80. The lowest BCUT2D eigenvalue weighted by Gasteiger charge is -2.34. The van der Waals surface area contributed by atoms with Crippen LogP contribution in [0.5, 0.6) is 0 Å². The van der Waals surface area contributed by atoms with Crippen LogP contribution in [0, 0.1) is 0 Å². The molecular formula is C17H15Cl2N5O. The van der Waals surface area contributed by atoms with Crippen LogP contribution in [-0.2, 0) is 13.0 Å². The highest BCUT2D eigenvalue weighted by molar-refractivity contribution is 6.36. The van der Waals surface area contributed by atoms with E-state index in [4.69, 9.17) is 23.2 Å². The van der Waals surface area contributed by atoms with Gasteiger partial charge in [-0.15, -0.1) is 0 Å². The molecule has 3 aromatic rings. The van der Waals surface area contributed by atoms with Crippen LogP contribution in [0.4, 0.5) is 0 Å². The Kier molecular flexibility index (Phi) is 4.01. The molecule has 1 unspecified atom stereocenters. The van der Waals surface area contributed by atoms with Gasteiger partial charge in [-0.2, -0.15) is 19.8 Å². The summed E-state index contributed by atoms with van der Waals surface area (Å²) in [6.45, 7) is 2.46. The zero-order valence-corrected chi connectivity index (χ0v) is 14.9. The highest BCUT2D eigenvalue weighted by Crippen LogP contribution is 2.28. The maximum Gasteiger partial charge on any atom is 0.255 e. The Morgan fingerprint density at radius 1 is 1.28 bits per heavy atom. The maximum absolute atomic E-state index is 13.0. The molecule has 1 atom stereocenters. The molecule has 1 aromatic carbocycles. The number of halogens is 2. The number of fused-ring (bicyclic) bond motifs is 1. The second kappa shape index (κ2) is 6.20. The van der Waals surface area contributed by atoms with Crippen molar-refractivity contribution < 1.29 is 4.79 Å². The van der Waals surface area contributed by atoms with Gasteiger partial charge < -0.3 is 4.90 Å². The lowest BCUT2D eigenvalue weighted by Crippen LogP contribution is -2.43. The molecule has 0 N–H and O–H groups in total. The van der Waals surface area contributed by atoms with Gasteiger partial charge in [0.15, 0.2) is 0 Å². The van der Waals surface area contributed by atoms with Crippen molar-refractivity contribution in [3.63, 3.8) is 0 Å². The predicted octanol–water partition coefficient (Wildman–Crippen LogP) is 3.28. The molecule has 0 fully saturated rings. The number of amides is 1. The van der Waals surface area contributed by atoms with Crippen molar-refractivity contribution in [2.75, 3.05) is 0 Å². The Hall–Kier alpha value is -2.31. The first kappa shape index (κ1) is 16.2. The first-order chi connectivity index (χ1) is 12.0. The molecule has 0 radical (unpaired) electrons. The molecule has 1 amide bonds. The molecule has 4 rings (SSSR count). The summed E-state index contributed by atoms with van der Waals surface area (Å²) in [4.78, 5) is 18.2. The highest BCUT2D eigenvalue weighted by Gasteiger charge is 2.31. The van der Waals surface area contributed by atoms with Crippen molar-refractivity contribution in [2.24, 2.45) is 0 Å². The summed E-state index contributed by atoms with van der Waals surface area (Å²) >= 11 is 12.2. The Morgan fingerprint density at radius 2 is 2.12 bits per heavy atom. The van der Waals surface area contributed by atoms with E-state index in [2.05, 4.69) is 10.2 Å². The van der Waals surface area contributed by atoms with Crippen molar-refractivity contribution in [1.82, 2.24) is 24.7 Å². The highest BCUT2D eigenvalue weighted by atomic mass is 35.5. The molecule has 0 spiro atoms. The van der Waals surface area contributed by atoms with E-state index in [9.17, 15) is 4.79 Å². The summed E-state index contributed by atoms with van der Waals surface area (Å²) in [5.41, 5.74) is 2.51. The summed E-state index contributed by atoms with van der Waals surface area (Å²) in [5, 5.41) is 9.49. The molecule has 0 saturated carbocycles. The summed E-state index contributed by atoms with van der Waals surface area (Å²) in [5.74, 6) is -0.118. The predicted molar refractivity (Wildman–Crippen MR) is 94.8 cm³/mol. The molecule has 6 nitrogen and oxygen atoms in total. The summed E-state index contributed by atoms with van der Waals surface area (Å²) in [6.07, 6.45) is 6.07. The van der Waals surface area contributed by atoms with Gasteiger partial charge in [-0.1, -0.05) is 23.2 Å². The normalized spacial score (nSPS) is 16.8. The SMILES string of the molecule is CC1Cc2cnn(-n3cccn3)c2CN1C(=O)c1ccc(Cl)cc1Cl. The van der Waals surface area contributed by atoms with E-state index in [1.165, 1.54) is 0 Å². The molecule has 8 heteroatoms. The smallest absolute Gasteiger partial charge is 0.255 e. The van der Waals surface area contributed by atoms with Gasteiger partial charge in [0.1, 0.15) is 0 Å². The number of benzene rings is 1. The number of carbonyl (C=O) groups excluding carboxylic acids is 1. The fourth-order valence-electron chi connectivity index (χ4n) is 3.12. The Bertz CT molecular complexity index is 935. The molecule has 128 valence electrons. The van der Waals surface area contributed by atoms with E-state index in [1.807, 2.05) is 25.4 Å². The van der Waals surface area contributed by atoms with Gasteiger partial charge >= 0.3 is 0 Å². The molecule has 0 bridgehead atoms. The van der Waals surface area contributed by atoms with Crippen LogP contribution in [0.15, 0.2) is 42.9 Å². The second-order valence-corrected chi connectivity index (χ2v) is 6.89. The van der Waals surface area contributed by atoms with Crippen LogP contribution in [-0.4, -0.2) is 36.6 Å². The third-order valence-electron chi connectivity index (χ3n) is 4.41. The minimum absolute atomic E-state index is 0.0435. The largest absolute Gasteiger partial charge is 0.330 e. The molecule has 25 heavy (non-hydrogen) atoms. The zero-order chi connectivity index (χ0) is 17.6.